The number of benzene rings is 3. The number of ether oxygens (including phenoxy) is 1. The highest BCUT2D eigenvalue weighted by Gasteiger charge is 2.30. The largest absolute Gasteiger partial charge is 0.495 e. The molecule has 34 heavy (non-hydrogen) atoms. The summed E-state index contributed by atoms with van der Waals surface area (Å²) in [6.45, 7) is 1.29. The van der Waals surface area contributed by atoms with E-state index < -0.39 is 22.5 Å². The first kappa shape index (κ1) is 25.7. The van der Waals surface area contributed by atoms with E-state index in [0.29, 0.717) is 15.6 Å². The highest BCUT2D eigenvalue weighted by molar-refractivity contribution is 7.89. The van der Waals surface area contributed by atoms with Gasteiger partial charge < -0.3 is 4.74 Å². The highest BCUT2D eigenvalue weighted by Crippen LogP contribution is 2.28. The molecule has 1 amide bonds. The molecule has 0 bridgehead atoms. The first-order chi connectivity index (χ1) is 16.2. The molecule has 3 aromatic rings. The Labute approximate surface area is 209 Å². The Morgan fingerprint density at radius 1 is 1.06 bits per heavy atom. The van der Waals surface area contributed by atoms with E-state index in [0.717, 1.165) is 15.4 Å². The van der Waals surface area contributed by atoms with Crippen LogP contribution in [0.25, 0.3) is 0 Å². The maximum absolute atomic E-state index is 13.6. The van der Waals surface area contributed by atoms with E-state index in [4.69, 9.17) is 27.9 Å². The standard InChI is InChI=1S/C24H23Cl2N3O4S/c1-17-11-12-22(33-2)23(13-17)34(31,32)29(15-18-7-4-3-5-8-18)16-24(30)28-27-14-19-20(25)9-6-10-21(19)26/h3-14H,15-16H2,1-2H3,(H,28,30)/b27-14+. The van der Waals surface area contributed by atoms with Crippen molar-refractivity contribution in [2.75, 3.05) is 13.7 Å². The molecule has 178 valence electrons. The van der Waals surface area contributed by atoms with Gasteiger partial charge in [0.25, 0.3) is 5.91 Å². The molecular weight excluding hydrogens is 497 g/mol. The summed E-state index contributed by atoms with van der Waals surface area (Å²) in [4.78, 5) is 12.7. The summed E-state index contributed by atoms with van der Waals surface area (Å²) < 4.78 is 33.5. The molecule has 0 radical (unpaired) electrons. The molecule has 0 unspecified atom stereocenters. The van der Waals surface area contributed by atoms with Crippen LogP contribution in [0.3, 0.4) is 0 Å². The number of hydrogen-bond acceptors (Lipinski definition) is 5. The molecule has 3 aromatic carbocycles. The summed E-state index contributed by atoms with van der Waals surface area (Å²) in [7, 11) is -2.70. The maximum atomic E-state index is 13.6. The minimum atomic E-state index is -4.10. The first-order valence-electron chi connectivity index (χ1n) is 10.2. The van der Waals surface area contributed by atoms with Gasteiger partial charge in [-0.25, -0.2) is 13.8 Å². The third-order valence-electron chi connectivity index (χ3n) is 4.84. The summed E-state index contributed by atoms with van der Waals surface area (Å²) in [5.41, 5.74) is 4.24. The molecule has 3 rings (SSSR count). The third kappa shape index (κ3) is 6.36. The number of nitrogens with one attached hydrogen (secondary N) is 1. The van der Waals surface area contributed by atoms with Crippen LogP contribution in [-0.2, 0) is 21.4 Å². The summed E-state index contributed by atoms with van der Waals surface area (Å²) in [6, 6.07) is 18.8. The van der Waals surface area contributed by atoms with Gasteiger partial charge in [0.2, 0.25) is 10.0 Å². The fourth-order valence-corrected chi connectivity index (χ4v) is 5.26. The molecule has 0 spiro atoms. The van der Waals surface area contributed by atoms with E-state index in [1.54, 1.807) is 61.5 Å². The Hall–Kier alpha value is -2.91. The minimum Gasteiger partial charge on any atom is -0.495 e. The van der Waals surface area contributed by atoms with Gasteiger partial charge >= 0.3 is 0 Å². The second-order valence-electron chi connectivity index (χ2n) is 7.34. The molecular formula is C24H23Cl2N3O4S. The molecule has 0 aliphatic rings. The number of carbonyl (C=O) groups is 1. The van der Waals surface area contributed by atoms with Crippen LogP contribution in [0, 0.1) is 6.92 Å². The summed E-state index contributed by atoms with van der Waals surface area (Å²) >= 11 is 12.2. The molecule has 0 aliphatic heterocycles. The average molecular weight is 520 g/mol. The molecule has 10 heteroatoms. The fourth-order valence-electron chi connectivity index (χ4n) is 3.14. The van der Waals surface area contributed by atoms with Crippen molar-refractivity contribution in [2.45, 2.75) is 18.4 Å². The molecule has 1 N–H and O–H groups in total. The Kier molecular flexibility index (Phi) is 8.68. The predicted molar refractivity (Wildman–Crippen MR) is 134 cm³/mol. The van der Waals surface area contributed by atoms with Crippen LogP contribution in [0.15, 0.2) is 76.7 Å². The zero-order valence-electron chi connectivity index (χ0n) is 18.5. The number of halogens is 2. The average Bonchev–Trinajstić information content (AvgIpc) is 2.81. The van der Waals surface area contributed by atoms with E-state index in [1.807, 2.05) is 6.07 Å². The number of hydrazone groups is 1. The van der Waals surface area contributed by atoms with Gasteiger partial charge in [-0.1, -0.05) is 65.7 Å². The molecule has 0 saturated carbocycles. The van der Waals surface area contributed by atoms with E-state index in [2.05, 4.69) is 10.5 Å². The summed E-state index contributed by atoms with van der Waals surface area (Å²) in [5.74, 6) is -0.444. The smallest absolute Gasteiger partial charge is 0.255 e. The van der Waals surface area contributed by atoms with Gasteiger partial charge in [0.1, 0.15) is 10.6 Å². The molecule has 7 nitrogen and oxygen atoms in total. The van der Waals surface area contributed by atoms with Crippen LogP contribution in [-0.4, -0.2) is 38.5 Å². The fraction of sp³-hybridized carbons (Fsp3) is 0.167. The Morgan fingerprint density at radius 3 is 2.38 bits per heavy atom. The van der Waals surface area contributed by atoms with Crippen molar-refractivity contribution in [3.8, 4) is 5.75 Å². The second-order valence-corrected chi connectivity index (χ2v) is 10.1. The predicted octanol–water partition coefficient (Wildman–Crippen LogP) is 4.65. The zero-order valence-corrected chi connectivity index (χ0v) is 20.9. The number of aryl methyl sites for hydroxylation is 1. The van der Waals surface area contributed by atoms with Gasteiger partial charge in [-0.3, -0.25) is 4.79 Å². The van der Waals surface area contributed by atoms with Gasteiger partial charge in [-0.2, -0.15) is 9.41 Å². The summed E-state index contributed by atoms with van der Waals surface area (Å²) in [5, 5.41) is 4.62. The van der Waals surface area contributed by atoms with Crippen LogP contribution in [0.4, 0.5) is 0 Å². The number of methoxy groups -OCH3 is 1. The van der Waals surface area contributed by atoms with Crippen LogP contribution in [0.1, 0.15) is 16.7 Å². The van der Waals surface area contributed by atoms with Crippen molar-refractivity contribution < 1.29 is 17.9 Å². The first-order valence-corrected chi connectivity index (χ1v) is 12.4. The molecule has 0 heterocycles. The number of amides is 1. The second kappa shape index (κ2) is 11.5. The van der Waals surface area contributed by atoms with E-state index in [9.17, 15) is 13.2 Å². The van der Waals surface area contributed by atoms with E-state index in [1.165, 1.54) is 19.4 Å². The Bertz CT molecular complexity index is 1280. The topological polar surface area (TPSA) is 88.1 Å². The van der Waals surface area contributed by atoms with E-state index >= 15 is 0 Å². The van der Waals surface area contributed by atoms with Gasteiger partial charge in [0, 0.05) is 12.1 Å². The van der Waals surface area contributed by atoms with Gasteiger partial charge in [-0.15, -0.1) is 0 Å². The normalized spacial score (nSPS) is 11.7. The lowest BCUT2D eigenvalue weighted by atomic mass is 10.2. The summed E-state index contributed by atoms with van der Waals surface area (Å²) in [6.07, 6.45) is 1.31. The molecule has 0 aliphatic carbocycles. The lowest BCUT2D eigenvalue weighted by Gasteiger charge is -2.23. The minimum absolute atomic E-state index is 0.0201. The van der Waals surface area contributed by atoms with Gasteiger partial charge in [0.15, 0.2) is 0 Å². The number of sulfonamides is 1. The zero-order chi connectivity index (χ0) is 24.7. The Balaban J connectivity index is 1.87. The van der Waals surface area contributed by atoms with Crippen molar-refractivity contribution in [1.29, 1.82) is 0 Å². The maximum Gasteiger partial charge on any atom is 0.255 e. The van der Waals surface area contributed by atoms with E-state index in [-0.39, 0.29) is 17.2 Å². The number of hydrogen-bond donors (Lipinski definition) is 1. The van der Waals surface area contributed by atoms with Crippen molar-refractivity contribution in [1.82, 2.24) is 9.73 Å². The van der Waals surface area contributed by atoms with Gasteiger partial charge in [0.05, 0.1) is 29.9 Å². The Morgan fingerprint density at radius 2 is 1.74 bits per heavy atom. The quantitative estimate of drug-likeness (QED) is 0.329. The molecule has 0 aromatic heterocycles. The lowest BCUT2D eigenvalue weighted by Crippen LogP contribution is -2.39. The van der Waals surface area contributed by atoms with Crippen LogP contribution in [0.5, 0.6) is 5.75 Å². The van der Waals surface area contributed by atoms with Crippen molar-refractivity contribution in [2.24, 2.45) is 5.10 Å². The monoisotopic (exact) mass is 519 g/mol. The molecule has 0 atom stereocenters. The van der Waals surface area contributed by atoms with Crippen molar-refractivity contribution >= 4 is 45.3 Å². The van der Waals surface area contributed by atoms with Crippen LogP contribution < -0.4 is 10.2 Å². The lowest BCUT2D eigenvalue weighted by molar-refractivity contribution is -0.121. The molecule has 0 fully saturated rings. The highest BCUT2D eigenvalue weighted by atomic mass is 35.5. The SMILES string of the molecule is COc1ccc(C)cc1S(=O)(=O)N(CC(=O)N/N=C/c1c(Cl)cccc1Cl)Cc1ccccc1. The van der Waals surface area contributed by atoms with Crippen LogP contribution >= 0.6 is 23.2 Å². The number of rotatable bonds is 9. The van der Waals surface area contributed by atoms with Crippen molar-refractivity contribution in [3.05, 3.63) is 93.5 Å². The third-order valence-corrected chi connectivity index (χ3v) is 7.31. The molecule has 0 saturated heterocycles. The van der Waals surface area contributed by atoms with Gasteiger partial charge in [-0.05, 0) is 42.3 Å². The number of nitrogens with zero attached hydrogens (tertiary/aromatic N) is 2. The van der Waals surface area contributed by atoms with Crippen molar-refractivity contribution in [3.63, 3.8) is 0 Å². The van der Waals surface area contributed by atoms with Crippen LogP contribution in [0.2, 0.25) is 10.0 Å². The number of carbonyl (C=O) groups excluding carboxylic acids is 1.